The highest BCUT2D eigenvalue weighted by Crippen LogP contribution is 2.22. The van der Waals surface area contributed by atoms with Crippen molar-refractivity contribution < 1.29 is 23.2 Å². The van der Waals surface area contributed by atoms with Gasteiger partial charge in [-0.1, -0.05) is 11.6 Å². The summed E-state index contributed by atoms with van der Waals surface area (Å²) in [7, 11) is -3.80. The highest BCUT2D eigenvalue weighted by molar-refractivity contribution is 7.87. The van der Waals surface area contributed by atoms with Gasteiger partial charge in [0, 0.05) is 18.1 Å². The van der Waals surface area contributed by atoms with E-state index in [2.05, 4.69) is 4.72 Å². The van der Waals surface area contributed by atoms with Crippen molar-refractivity contribution in [2.75, 3.05) is 13.1 Å². The zero-order valence-electron chi connectivity index (χ0n) is 13.1. The van der Waals surface area contributed by atoms with Gasteiger partial charge >= 0.3 is 0 Å². The van der Waals surface area contributed by atoms with Gasteiger partial charge in [0.25, 0.3) is 16.1 Å². The van der Waals surface area contributed by atoms with Crippen molar-refractivity contribution in [3.05, 3.63) is 29.3 Å². The number of carbonyl (C=O) groups excluding carboxylic acids is 1. The van der Waals surface area contributed by atoms with Gasteiger partial charge in [0.05, 0.1) is 0 Å². The first-order chi connectivity index (χ1) is 11.3. The molecule has 134 valence electrons. The SMILES string of the molecule is CC(NS(=O)(=O)N1CCC(Oc2ccc(Cl)cc2)CC1)C(=O)NO. The van der Waals surface area contributed by atoms with Crippen LogP contribution in [-0.2, 0) is 15.0 Å². The molecule has 10 heteroatoms. The normalized spacial score (nSPS) is 18.1. The van der Waals surface area contributed by atoms with Crippen molar-refractivity contribution in [2.45, 2.75) is 31.9 Å². The molecule has 24 heavy (non-hydrogen) atoms. The highest BCUT2D eigenvalue weighted by atomic mass is 35.5. The minimum atomic E-state index is -3.80. The Labute approximate surface area is 145 Å². The van der Waals surface area contributed by atoms with Gasteiger partial charge in [0.1, 0.15) is 17.9 Å². The van der Waals surface area contributed by atoms with Crippen molar-refractivity contribution in [1.29, 1.82) is 0 Å². The molecule has 8 nitrogen and oxygen atoms in total. The minimum Gasteiger partial charge on any atom is -0.490 e. The first kappa shape index (κ1) is 18.9. The molecule has 0 aromatic heterocycles. The molecule has 0 saturated carbocycles. The first-order valence-corrected chi connectivity index (χ1v) is 9.27. The van der Waals surface area contributed by atoms with Gasteiger partial charge in [-0.25, -0.2) is 5.48 Å². The third-order valence-corrected chi connectivity index (χ3v) is 5.63. The van der Waals surface area contributed by atoms with Crippen LogP contribution >= 0.6 is 11.6 Å². The maximum Gasteiger partial charge on any atom is 0.280 e. The summed E-state index contributed by atoms with van der Waals surface area (Å²) in [4.78, 5) is 11.2. The van der Waals surface area contributed by atoms with Gasteiger partial charge in [-0.2, -0.15) is 17.4 Å². The van der Waals surface area contributed by atoms with E-state index >= 15 is 0 Å². The molecular formula is C14H20ClN3O5S. The van der Waals surface area contributed by atoms with E-state index in [1.807, 2.05) is 0 Å². The molecule has 1 aromatic carbocycles. The van der Waals surface area contributed by atoms with Crippen LogP contribution in [0.25, 0.3) is 0 Å². The number of hydrogen-bond donors (Lipinski definition) is 3. The Kier molecular flexibility index (Phi) is 6.41. The molecule has 1 atom stereocenters. The van der Waals surface area contributed by atoms with Gasteiger partial charge in [-0.05, 0) is 44.0 Å². The Balaban J connectivity index is 1.87. The second-order valence-corrected chi connectivity index (χ2v) is 7.63. The molecule has 1 amide bonds. The average Bonchev–Trinajstić information content (AvgIpc) is 2.56. The van der Waals surface area contributed by atoms with E-state index in [1.165, 1.54) is 16.7 Å². The maximum atomic E-state index is 12.2. The number of rotatable bonds is 6. The van der Waals surface area contributed by atoms with E-state index in [0.717, 1.165) is 0 Å². The molecule has 1 aliphatic heterocycles. The lowest BCUT2D eigenvalue weighted by Crippen LogP contribution is -2.52. The molecule has 1 unspecified atom stereocenters. The largest absolute Gasteiger partial charge is 0.490 e. The lowest BCUT2D eigenvalue weighted by molar-refractivity contribution is -0.130. The van der Waals surface area contributed by atoms with Crippen LogP contribution in [0.2, 0.25) is 5.02 Å². The number of nitrogens with zero attached hydrogens (tertiary/aromatic N) is 1. The van der Waals surface area contributed by atoms with Crippen LogP contribution in [0.5, 0.6) is 5.75 Å². The zero-order valence-corrected chi connectivity index (χ0v) is 14.7. The van der Waals surface area contributed by atoms with Crippen molar-refractivity contribution in [3.63, 3.8) is 0 Å². The second kappa shape index (κ2) is 8.13. The molecule has 0 bridgehead atoms. The molecule has 1 aromatic rings. The van der Waals surface area contributed by atoms with Crippen molar-refractivity contribution >= 4 is 27.7 Å². The molecule has 1 aliphatic rings. The van der Waals surface area contributed by atoms with Crippen LogP contribution in [0.15, 0.2) is 24.3 Å². The number of nitrogens with one attached hydrogen (secondary N) is 2. The number of hydrogen-bond acceptors (Lipinski definition) is 5. The minimum absolute atomic E-state index is 0.0872. The van der Waals surface area contributed by atoms with E-state index in [-0.39, 0.29) is 19.2 Å². The molecule has 1 fully saturated rings. The lowest BCUT2D eigenvalue weighted by atomic mass is 10.1. The summed E-state index contributed by atoms with van der Waals surface area (Å²) in [6, 6.07) is 5.93. The molecule has 3 N–H and O–H groups in total. The fourth-order valence-electron chi connectivity index (χ4n) is 2.34. The van der Waals surface area contributed by atoms with Gasteiger partial charge in [-0.15, -0.1) is 0 Å². The lowest BCUT2D eigenvalue weighted by Gasteiger charge is -2.32. The van der Waals surface area contributed by atoms with Crippen LogP contribution in [-0.4, -0.2) is 49.1 Å². The Morgan fingerprint density at radius 1 is 1.33 bits per heavy atom. The summed E-state index contributed by atoms with van der Waals surface area (Å²) < 4.78 is 33.7. The summed E-state index contributed by atoms with van der Waals surface area (Å²) in [6.07, 6.45) is 0.976. The highest BCUT2D eigenvalue weighted by Gasteiger charge is 2.31. The predicted molar refractivity (Wildman–Crippen MR) is 88.1 cm³/mol. The molecular weight excluding hydrogens is 358 g/mol. The maximum absolute atomic E-state index is 12.2. The number of benzene rings is 1. The second-order valence-electron chi connectivity index (χ2n) is 5.49. The third-order valence-electron chi connectivity index (χ3n) is 3.69. The van der Waals surface area contributed by atoms with E-state index in [0.29, 0.717) is 23.6 Å². The molecule has 0 radical (unpaired) electrons. The molecule has 0 spiro atoms. The van der Waals surface area contributed by atoms with Crippen LogP contribution < -0.4 is 14.9 Å². The Hall–Kier alpha value is -1.39. The standard InChI is InChI=1S/C14H20ClN3O5S/c1-10(14(19)16-20)17-24(21,22)18-8-6-13(7-9-18)23-12-4-2-11(15)3-5-12/h2-5,10,13,17,20H,6-9H2,1H3,(H,16,19). The van der Waals surface area contributed by atoms with Crippen LogP contribution in [0.4, 0.5) is 0 Å². The molecule has 0 aliphatic carbocycles. The monoisotopic (exact) mass is 377 g/mol. The smallest absolute Gasteiger partial charge is 0.280 e. The summed E-state index contributed by atoms with van der Waals surface area (Å²) in [5.41, 5.74) is 1.41. The van der Waals surface area contributed by atoms with Gasteiger partial charge in [0.2, 0.25) is 0 Å². The van der Waals surface area contributed by atoms with Gasteiger partial charge < -0.3 is 4.74 Å². The number of halogens is 1. The van der Waals surface area contributed by atoms with Crippen molar-refractivity contribution in [3.8, 4) is 5.75 Å². The van der Waals surface area contributed by atoms with Gasteiger partial charge in [-0.3, -0.25) is 10.0 Å². The average molecular weight is 378 g/mol. The number of amides is 1. The number of piperidine rings is 1. The van der Waals surface area contributed by atoms with E-state index in [9.17, 15) is 13.2 Å². The quantitative estimate of drug-likeness (QED) is 0.504. The zero-order chi connectivity index (χ0) is 17.7. The topological polar surface area (TPSA) is 108 Å². The number of ether oxygens (including phenoxy) is 1. The van der Waals surface area contributed by atoms with E-state index < -0.39 is 22.2 Å². The number of carbonyl (C=O) groups is 1. The fraction of sp³-hybridized carbons (Fsp3) is 0.500. The summed E-state index contributed by atoms with van der Waals surface area (Å²) >= 11 is 5.82. The summed E-state index contributed by atoms with van der Waals surface area (Å²) in [6.45, 7) is 1.90. The van der Waals surface area contributed by atoms with Crippen molar-refractivity contribution in [2.24, 2.45) is 0 Å². The fourth-order valence-corrected chi connectivity index (χ4v) is 3.86. The summed E-state index contributed by atoms with van der Waals surface area (Å²) in [5, 5.41) is 9.15. The van der Waals surface area contributed by atoms with Crippen molar-refractivity contribution in [1.82, 2.24) is 14.5 Å². The Bertz CT molecular complexity index is 659. The van der Waals surface area contributed by atoms with Crippen LogP contribution in [0, 0.1) is 0 Å². The Morgan fingerprint density at radius 2 is 1.92 bits per heavy atom. The first-order valence-electron chi connectivity index (χ1n) is 7.45. The van der Waals surface area contributed by atoms with E-state index in [1.54, 1.807) is 24.3 Å². The van der Waals surface area contributed by atoms with E-state index in [4.69, 9.17) is 21.5 Å². The molecule has 1 heterocycles. The summed E-state index contributed by atoms with van der Waals surface area (Å²) in [5.74, 6) is -0.133. The molecule has 1 saturated heterocycles. The van der Waals surface area contributed by atoms with Gasteiger partial charge in [0.15, 0.2) is 0 Å². The third kappa shape index (κ3) is 5.05. The molecule has 2 rings (SSSR count). The van der Waals surface area contributed by atoms with Crippen LogP contribution in [0.3, 0.4) is 0 Å². The Morgan fingerprint density at radius 3 is 2.46 bits per heavy atom. The number of hydroxylamine groups is 1. The van der Waals surface area contributed by atoms with Crippen LogP contribution in [0.1, 0.15) is 19.8 Å². The predicted octanol–water partition coefficient (Wildman–Crippen LogP) is 0.912.